The van der Waals surface area contributed by atoms with Gasteiger partial charge in [0.2, 0.25) is 0 Å². The van der Waals surface area contributed by atoms with E-state index in [0.29, 0.717) is 41.5 Å². The van der Waals surface area contributed by atoms with Gasteiger partial charge in [-0.25, -0.2) is 14.6 Å². The Hall–Kier alpha value is -6.21. The van der Waals surface area contributed by atoms with Gasteiger partial charge >= 0.3 is 12.1 Å². The van der Waals surface area contributed by atoms with E-state index in [9.17, 15) is 19.2 Å². The molecule has 6 rings (SSSR count). The van der Waals surface area contributed by atoms with Crippen LogP contribution in [0.2, 0.25) is 0 Å². The number of ether oxygens (including phenoxy) is 4. The first-order valence-electron chi connectivity index (χ1n) is 16.7. The van der Waals surface area contributed by atoms with Crippen LogP contribution in [-0.2, 0) is 22.4 Å². The molecule has 3 heterocycles. The average Bonchev–Trinajstić information content (AvgIpc) is 3.54. The van der Waals surface area contributed by atoms with E-state index in [0.717, 1.165) is 21.6 Å². The lowest BCUT2D eigenvalue weighted by Gasteiger charge is -2.19. The first-order valence-corrected chi connectivity index (χ1v) is 17.6. The fourth-order valence-corrected chi connectivity index (χ4v) is 6.62. The number of carbonyl (C=O) groups is 4. The Morgan fingerprint density at radius 2 is 1.53 bits per heavy atom. The Morgan fingerprint density at radius 1 is 0.830 bits per heavy atom. The van der Waals surface area contributed by atoms with Crippen molar-refractivity contribution >= 4 is 46.6 Å². The zero-order valence-electron chi connectivity index (χ0n) is 29.8. The number of carbonyl (C=O) groups excluding carboxylic acids is 4. The molecule has 3 amide bonds. The number of amides is 3. The highest BCUT2D eigenvalue weighted by Crippen LogP contribution is 2.43. The molecule has 0 atom stereocenters. The lowest BCUT2D eigenvalue weighted by molar-refractivity contribution is 0.0522. The average molecular weight is 735 g/mol. The van der Waals surface area contributed by atoms with Gasteiger partial charge in [0.05, 0.1) is 20.8 Å². The summed E-state index contributed by atoms with van der Waals surface area (Å²) in [6.45, 7) is 6.02. The van der Waals surface area contributed by atoms with Gasteiger partial charge in [-0.15, -0.1) is 11.3 Å². The van der Waals surface area contributed by atoms with Crippen molar-refractivity contribution in [1.29, 1.82) is 0 Å². The number of methoxy groups -OCH3 is 2. The van der Waals surface area contributed by atoms with Crippen molar-refractivity contribution in [3.63, 3.8) is 0 Å². The molecule has 1 aliphatic rings. The molecule has 0 aliphatic carbocycles. The fourth-order valence-electron chi connectivity index (χ4n) is 5.64. The molecule has 12 nitrogen and oxygen atoms in total. The van der Waals surface area contributed by atoms with Crippen molar-refractivity contribution < 1.29 is 38.1 Å². The number of rotatable bonds is 9. The Labute approximate surface area is 310 Å². The number of fused-ring (bicyclic) bond motifs is 3. The maximum Gasteiger partial charge on any atom is 0.407 e. The van der Waals surface area contributed by atoms with Crippen LogP contribution in [-0.4, -0.2) is 55.3 Å². The minimum atomic E-state index is -0.794. The first kappa shape index (κ1) is 36.6. The van der Waals surface area contributed by atoms with Gasteiger partial charge in [0.15, 0.2) is 5.69 Å². The van der Waals surface area contributed by atoms with Crippen LogP contribution in [0.1, 0.15) is 63.2 Å². The molecule has 0 spiro atoms. The second-order valence-corrected chi connectivity index (χ2v) is 14.0. The monoisotopic (exact) mass is 734 g/mol. The molecule has 1 aliphatic heterocycles. The van der Waals surface area contributed by atoms with E-state index in [2.05, 4.69) is 20.9 Å². The van der Waals surface area contributed by atoms with E-state index in [-0.39, 0.29) is 29.1 Å². The number of alkyl carbamates (subject to hydrolysis) is 1. The molecule has 0 unspecified atom stereocenters. The summed E-state index contributed by atoms with van der Waals surface area (Å²) < 4.78 is 21.8. The highest BCUT2D eigenvalue weighted by Gasteiger charge is 2.27. The zero-order valence-corrected chi connectivity index (χ0v) is 30.6. The molecular formula is C40H38N4O8S. The Balaban J connectivity index is 1.34. The van der Waals surface area contributed by atoms with Gasteiger partial charge in [-0.1, -0.05) is 12.1 Å². The van der Waals surface area contributed by atoms with Crippen molar-refractivity contribution in [2.45, 2.75) is 39.3 Å². The molecule has 13 heteroatoms. The van der Waals surface area contributed by atoms with Crippen molar-refractivity contribution in [1.82, 2.24) is 10.3 Å². The van der Waals surface area contributed by atoms with Crippen LogP contribution < -0.4 is 25.4 Å². The number of benzene rings is 3. The number of anilines is 2. The summed E-state index contributed by atoms with van der Waals surface area (Å²) in [5, 5.41) is 10.5. The van der Waals surface area contributed by atoms with E-state index in [4.69, 9.17) is 18.9 Å². The van der Waals surface area contributed by atoms with Crippen molar-refractivity contribution in [3.8, 4) is 33.1 Å². The second-order valence-electron chi connectivity index (χ2n) is 13.0. The topological polar surface area (TPSA) is 154 Å². The zero-order chi connectivity index (χ0) is 37.7. The molecular weight excluding hydrogens is 697 g/mol. The van der Waals surface area contributed by atoms with E-state index >= 15 is 0 Å². The summed E-state index contributed by atoms with van der Waals surface area (Å²) in [5.74, 6) is -0.635. The SMILES string of the molecule is COC(=O)c1nc(C(=O)Nc2ccc(OC)cc2)ccc1-c1cc2c(cc1C(=O)Nc1ccc(CNC(=O)OC(C)(C)C)cc1)-c1sccc1CCO2. The Kier molecular flexibility index (Phi) is 10.8. The Bertz CT molecular complexity index is 2170. The van der Waals surface area contributed by atoms with Crippen LogP contribution in [0.25, 0.3) is 21.6 Å². The number of esters is 1. The number of hydrogen-bond donors (Lipinski definition) is 3. The summed E-state index contributed by atoms with van der Waals surface area (Å²) in [7, 11) is 2.77. The minimum Gasteiger partial charge on any atom is -0.497 e. The van der Waals surface area contributed by atoms with Crippen LogP contribution in [0, 0.1) is 0 Å². The van der Waals surface area contributed by atoms with Gasteiger partial charge in [0.1, 0.15) is 22.8 Å². The maximum absolute atomic E-state index is 14.2. The molecule has 272 valence electrons. The maximum atomic E-state index is 14.2. The fraction of sp³-hybridized carbons (Fsp3) is 0.225. The quantitative estimate of drug-likeness (QED) is 0.129. The normalized spacial score (nSPS) is 11.9. The molecule has 53 heavy (non-hydrogen) atoms. The standard InChI is InChI=1S/C40H38N4O8S/c1-40(2,3)52-39(48)41-22-23-6-8-25(9-7-23)42-36(45)30-20-31-33(51-18-16-24-17-19-53-35(24)31)21-29(30)28-14-15-32(44-34(28)38(47)50-5)37(46)43-26-10-12-27(49-4)13-11-26/h6-15,17,19-21H,16,18,22H2,1-5H3,(H,41,48)(H,42,45)(H,43,46). The summed E-state index contributed by atoms with van der Waals surface area (Å²) in [5.41, 5.74) is 3.71. The highest BCUT2D eigenvalue weighted by atomic mass is 32.1. The number of nitrogens with zero attached hydrogens (tertiary/aromatic N) is 1. The van der Waals surface area contributed by atoms with Crippen LogP contribution in [0.3, 0.4) is 0 Å². The number of hydrogen-bond acceptors (Lipinski definition) is 10. The van der Waals surface area contributed by atoms with E-state index in [1.807, 2.05) is 11.4 Å². The van der Waals surface area contributed by atoms with Gasteiger partial charge in [-0.3, -0.25) is 9.59 Å². The number of thiophene rings is 1. The number of pyridine rings is 1. The molecule has 0 saturated carbocycles. The molecule has 2 aromatic heterocycles. The smallest absolute Gasteiger partial charge is 0.407 e. The third-order valence-corrected chi connectivity index (χ3v) is 9.17. The van der Waals surface area contributed by atoms with E-state index < -0.39 is 29.5 Å². The Morgan fingerprint density at radius 3 is 2.21 bits per heavy atom. The minimum absolute atomic E-state index is 0.0357. The third kappa shape index (κ3) is 8.64. The summed E-state index contributed by atoms with van der Waals surface area (Å²) in [6.07, 6.45) is 0.155. The number of aromatic nitrogens is 1. The second kappa shape index (κ2) is 15.6. The molecule has 5 aromatic rings. The van der Waals surface area contributed by atoms with Crippen molar-refractivity contribution in [3.05, 3.63) is 112 Å². The summed E-state index contributed by atoms with van der Waals surface area (Å²) in [6, 6.07) is 22.4. The first-order chi connectivity index (χ1) is 25.4. The molecule has 0 bridgehead atoms. The van der Waals surface area contributed by atoms with Crippen LogP contribution >= 0.6 is 11.3 Å². The van der Waals surface area contributed by atoms with E-state index in [1.54, 1.807) is 106 Å². The van der Waals surface area contributed by atoms with E-state index in [1.165, 1.54) is 13.2 Å². The van der Waals surface area contributed by atoms with Gasteiger partial charge in [-0.2, -0.15) is 0 Å². The van der Waals surface area contributed by atoms with Crippen LogP contribution in [0.15, 0.2) is 84.2 Å². The van der Waals surface area contributed by atoms with Crippen LogP contribution in [0.4, 0.5) is 16.2 Å². The van der Waals surface area contributed by atoms with Crippen molar-refractivity contribution in [2.75, 3.05) is 31.5 Å². The summed E-state index contributed by atoms with van der Waals surface area (Å²) >= 11 is 1.55. The largest absolute Gasteiger partial charge is 0.497 e. The van der Waals surface area contributed by atoms with Crippen molar-refractivity contribution in [2.24, 2.45) is 0 Å². The molecule has 0 radical (unpaired) electrons. The van der Waals surface area contributed by atoms with Gasteiger partial charge in [0, 0.05) is 51.5 Å². The lowest BCUT2D eigenvalue weighted by Crippen LogP contribution is -2.32. The molecule has 3 aromatic carbocycles. The van der Waals surface area contributed by atoms with Gasteiger partial charge in [0.25, 0.3) is 11.8 Å². The molecule has 0 fully saturated rings. The lowest BCUT2D eigenvalue weighted by atomic mass is 9.93. The molecule has 3 N–H and O–H groups in total. The predicted octanol–water partition coefficient (Wildman–Crippen LogP) is 7.74. The molecule has 0 saturated heterocycles. The van der Waals surface area contributed by atoms with Gasteiger partial charge < -0.3 is 34.9 Å². The number of nitrogens with one attached hydrogen (secondary N) is 3. The van der Waals surface area contributed by atoms with Gasteiger partial charge in [-0.05, 0) is 104 Å². The predicted molar refractivity (Wildman–Crippen MR) is 202 cm³/mol. The third-order valence-electron chi connectivity index (χ3n) is 8.18. The highest BCUT2D eigenvalue weighted by molar-refractivity contribution is 7.13. The summed E-state index contributed by atoms with van der Waals surface area (Å²) in [4.78, 5) is 58.3. The van der Waals surface area contributed by atoms with Crippen LogP contribution in [0.5, 0.6) is 11.5 Å².